The molecular weight excluding hydrogens is 306 g/mol. The van der Waals surface area contributed by atoms with Crippen molar-refractivity contribution in [3.63, 3.8) is 0 Å². The first-order chi connectivity index (χ1) is 11.7. The van der Waals surface area contributed by atoms with E-state index in [0.29, 0.717) is 12.1 Å². The SMILES string of the molecule is O=C(NCCN1CCOCC1)c1ccc(NC(=O)C2CCC2)cc1. The number of amides is 2. The highest BCUT2D eigenvalue weighted by molar-refractivity contribution is 5.96. The Balaban J connectivity index is 1.42. The Bertz CT molecular complexity index is 563. The van der Waals surface area contributed by atoms with Crippen LogP contribution in [0.15, 0.2) is 24.3 Å². The number of nitrogens with zero attached hydrogens (tertiary/aromatic N) is 1. The van der Waals surface area contributed by atoms with E-state index >= 15 is 0 Å². The second-order valence-electron chi connectivity index (χ2n) is 6.40. The highest BCUT2D eigenvalue weighted by Crippen LogP contribution is 2.27. The van der Waals surface area contributed by atoms with Gasteiger partial charge in [-0.2, -0.15) is 0 Å². The fraction of sp³-hybridized carbons (Fsp3) is 0.556. The molecule has 1 aromatic rings. The Labute approximate surface area is 142 Å². The first kappa shape index (κ1) is 16.9. The number of hydrogen-bond acceptors (Lipinski definition) is 4. The molecule has 0 bridgehead atoms. The highest BCUT2D eigenvalue weighted by atomic mass is 16.5. The van der Waals surface area contributed by atoms with Crippen LogP contribution >= 0.6 is 0 Å². The molecule has 3 rings (SSSR count). The van der Waals surface area contributed by atoms with Crippen molar-refractivity contribution in [3.05, 3.63) is 29.8 Å². The van der Waals surface area contributed by atoms with E-state index in [1.165, 1.54) is 0 Å². The van der Waals surface area contributed by atoms with Crippen LogP contribution in [-0.4, -0.2) is 56.1 Å². The van der Waals surface area contributed by atoms with Gasteiger partial charge in [0.15, 0.2) is 0 Å². The lowest BCUT2D eigenvalue weighted by Gasteiger charge is -2.26. The second kappa shape index (κ2) is 8.26. The predicted octanol–water partition coefficient (Wildman–Crippen LogP) is 1.49. The summed E-state index contributed by atoms with van der Waals surface area (Å²) in [7, 11) is 0. The Morgan fingerprint density at radius 2 is 1.83 bits per heavy atom. The number of morpholine rings is 1. The molecule has 1 saturated heterocycles. The maximum atomic E-state index is 12.1. The van der Waals surface area contributed by atoms with Crippen LogP contribution in [0.3, 0.4) is 0 Å². The van der Waals surface area contributed by atoms with E-state index in [1.807, 2.05) is 0 Å². The highest BCUT2D eigenvalue weighted by Gasteiger charge is 2.25. The van der Waals surface area contributed by atoms with E-state index in [0.717, 1.165) is 57.8 Å². The summed E-state index contributed by atoms with van der Waals surface area (Å²) in [6, 6.07) is 7.07. The zero-order valence-corrected chi connectivity index (χ0v) is 13.9. The van der Waals surface area contributed by atoms with Gasteiger partial charge in [-0.1, -0.05) is 6.42 Å². The molecule has 2 N–H and O–H groups in total. The van der Waals surface area contributed by atoms with Crippen molar-refractivity contribution in [2.75, 3.05) is 44.7 Å². The van der Waals surface area contributed by atoms with Crippen LogP contribution in [0.2, 0.25) is 0 Å². The molecule has 2 amide bonds. The molecule has 1 aliphatic heterocycles. The van der Waals surface area contributed by atoms with Gasteiger partial charge in [0.1, 0.15) is 0 Å². The third kappa shape index (κ3) is 4.55. The largest absolute Gasteiger partial charge is 0.379 e. The van der Waals surface area contributed by atoms with Crippen LogP contribution in [0.1, 0.15) is 29.6 Å². The van der Waals surface area contributed by atoms with Crippen molar-refractivity contribution in [1.82, 2.24) is 10.2 Å². The molecule has 2 fully saturated rings. The second-order valence-corrected chi connectivity index (χ2v) is 6.40. The molecule has 0 aromatic heterocycles. The van der Waals surface area contributed by atoms with Crippen LogP contribution in [0.25, 0.3) is 0 Å². The number of ether oxygens (including phenoxy) is 1. The molecule has 1 saturated carbocycles. The molecular formula is C18H25N3O3. The van der Waals surface area contributed by atoms with E-state index < -0.39 is 0 Å². The number of anilines is 1. The quantitative estimate of drug-likeness (QED) is 0.828. The molecule has 0 radical (unpaired) electrons. The smallest absolute Gasteiger partial charge is 0.251 e. The van der Waals surface area contributed by atoms with Gasteiger partial charge in [-0.3, -0.25) is 14.5 Å². The standard InChI is InChI=1S/C18H25N3O3/c22-17(19-8-9-21-10-12-24-13-11-21)15-4-6-16(7-5-15)20-18(23)14-2-1-3-14/h4-7,14H,1-3,8-13H2,(H,19,22)(H,20,23). The van der Waals surface area contributed by atoms with E-state index in [9.17, 15) is 9.59 Å². The summed E-state index contributed by atoms with van der Waals surface area (Å²) in [6.07, 6.45) is 3.10. The lowest BCUT2D eigenvalue weighted by Crippen LogP contribution is -2.41. The Morgan fingerprint density at radius 3 is 2.46 bits per heavy atom. The van der Waals surface area contributed by atoms with Crippen LogP contribution in [0.4, 0.5) is 5.69 Å². The van der Waals surface area contributed by atoms with Crippen molar-refractivity contribution in [2.45, 2.75) is 19.3 Å². The number of rotatable bonds is 6. The molecule has 6 nitrogen and oxygen atoms in total. The van der Waals surface area contributed by atoms with Crippen LogP contribution in [0.5, 0.6) is 0 Å². The van der Waals surface area contributed by atoms with Gasteiger partial charge < -0.3 is 15.4 Å². The van der Waals surface area contributed by atoms with Crippen LogP contribution < -0.4 is 10.6 Å². The minimum absolute atomic E-state index is 0.0832. The van der Waals surface area contributed by atoms with Gasteiger partial charge in [-0.05, 0) is 37.1 Å². The Kier molecular flexibility index (Phi) is 5.82. The minimum Gasteiger partial charge on any atom is -0.379 e. The topological polar surface area (TPSA) is 70.7 Å². The normalized spacial score (nSPS) is 18.7. The molecule has 130 valence electrons. The number of carbonyl (C=O) groups is 2. The monoisotopic (exact) mass is 331 g/mol. The molecule has 0 atom stereocenters. The summed E-state index contributed by atoms with van der Waals surface area (Å²) < 4.78 is 5.30. The number of carbonyl (C=O) groups excluding carboxylic acids is 2. The first-order valence-electron chi connectivity index (χ1n) is 8.71. The Hall–Kier alpha value is -1.92. The average molecular weight is 331 g/mol. The maximum absolute atomic E-state index is 12.1. The van der Waals surface area contributed by atoms with E-state index in [2.05, 4.69) is 15.5 Å². The number of nitrogens with one attached hydrogen (secondary N) is 2. The van der Waals surface area contributed by atoms with E-state index in [1.54, 1.807) is 24.3 Å². The Morgan fingerprint density at radius 1 is 1.12 bits per heavy atom. The summed E-state index contributed by atoms with van der Waals surface area (Å²) >= 11 is 0. The zero-order chi connectivity index (χ0) is 16.8. The number of benzene rings is 1. The summed E-state index contributed by atoms with van der Waals surface area (Å²) in [6.45, 7) is 4.84. The third-order valence-corrected chi connectivity index (χ3v) is 4.71. The average Bonchev–Trinajstić information content (AvgIpc) is 2.54. The van der Waals surface area contributed by atoms with Gasteiger partial charge >= 0.3 is 0 Å². The molecule has 0 spiro atoms. The fourth-order valence-corrected chi connectivity index (χ4v) is 2.87. The molecule has 1 aromatic carbocycles. The first-order valence-corrected chi connectivity index (χ1v) is 8.71. The van der Waals surface area contributed by atoms with Crippen LogP contribution in [0, 0.1) is 5.92 Å². The van der Waals surface area contributed by atoms with Gasteiger partial charge in [0.2, 0.25) is 5.91 Å². The lowest BCUT2D eigenvalue weighted by molar-refractivity contribution is -0.122. The third-order valence-electron chi connectivity index (χ3n) is 4.71. The summed E-state index contributed by atoms with van der Waals surface area (Å²) in [5, 5.41) is 5.84. The summed E-state index contributed by atoms with van der Waals surface area (Å²) in [4.78, 5) is 26.3. The van der Waals surface area contributed by atoms with E-state index in [-0.39, 0.29) is 17.7 Å². The minimum atomic E-state index is -0.0832. The van der Waals surface area contributed by atoms with E-state index in [4.69, 9.17) is 4.74 Å². The molecule has 6 heteroatoms. The molecule has 24 heavy (non-hydrogen) atoms. The molecule has 2 aliphatic rings. The van der Waals surface area contributed by atoms with Gasteiger partial charge in [-0.25, -0.2) is 0 Å². The number of hydrogen-bond donors (Lipinski definition) is 2. The maximum Gasteiger partial charge on any atom is 0.251 e. The summed E-state index contributed by atoms with van der Waals surface area (Å²) in [5.41, 5.74) is 1.36. The van der Waals surface area contributed by atoms with Gasteiger partial charge in [0.05, 0.1) is 13.2 Å². The van der Waals surface area contributed by atoms with Crippen LogP contribution in [-0.2, 0) is 9.53 Å². The lowest BCUT2D eigenvalue weighted by atomic mass is 9.85. The van der Waals surface area contributed by atoms with Gasteiger partial charge in [0.25, 0.3) is 5.91 Å². The molecule has 0 unspecified atom stereocenters. The van der Waals surface area contributed by atoms with Crippen molar-refractivity contribution in [3.8, 4) is 0 Å². The predicted molar refractivity (Wildman–Crippen MR) is 92.0 cm³/mol. The van der Waals surface area contributed by atoms with Crippen molar-refractivity contribution < 1.29 is 14.3 Å². The fourth-order valence-electron chi connectivity index (χ4n) is 2.87. The van der Waals surface area contributed by atoms with Crippen molar-refractivity contribution in [2.24, 2.45) is 5.92 Å². The van der Waals surface area contributed by atoms with Gasteiger partial charge in [0, 0.05) is 43.3 Å². The zero-order valence-electron chi connectivity index (χ0n) is 13.9. The molecule has 1 aliphatic carbocycles. The van der Waals surface area contributed by atoms with Crippen molar-refractivity contribution >= 4 is 17.5 Å². The summed E-state index contributed by atoms with van der Waals surface area (Å²) in [5.74, 6) is 0.164. The molecule has 1 heterocycles. The van der Waals surface area contributed by atoms with Gasteiger partial charge in [-0.15, -0.1) is 0 Å². The van der Waals surface area contributed by atoms with Crippen molar-refractivity contribution in [1.29, 1.82) is 0 Å².